The molecule has 0 fully saturated rings. The minimum absolute atomic E-state index is 0.470. The molecule has 0 radical (unpaired) electrons. The summed E-state index contributed by atoms with van der Waals surface area (Å²) in [7, 11) is 1.59. The van der Waals surface area contributed by atoms with Crippen LogP contribution in [-0.4, -0.2) is 7.11 Å². The molecule has 3 nitrogen and oxygen atoms in total. The smallest absolute Gasteiger partial charge is 0.162 e. The maximum atomic E-state index is 5.84. The molecule has 0 aliphatic heterocycles. The Labute approximate surface area is 109 Å². The number of anilines is 1. The average molecular weight is 270 g/mol. The van der Waals surface area contributed by atoms with Crippen LogP contribution in [0.4, 0.5) is 5.69 Å². The second kappa shape index (κ2) is 5.29. The molecule has 0 unspecified atom stereocenters. The van der Waals surface area contributed by atoms with Gasteiger partial charge in [0.2, 0.25) is 0 Å². The lowest BCUT2D eigenvalue weighted by Gasteiger charge is -2.10. The molecule has 0 saturated heterocycles. The van der Waals surface area contributed by atoms with Crippen molar-refractivity contribution < 1.29 is 9.47 Å². The molecule has 2 rings (SSSR count). The number of thiophene rings is 1. The first-order chi connectivity index (χ1) is 8.19. The van der Waals surface area contributed by atoms with Crippen LogP contribution < -0.4 is 15.2 Å². The van der Waals surface area contributed by atoms with Gasteiger partial charge in [0, 0.05) is 16.6 Å². The number of hydrogen-bond donors (Lipinski definition) is 1. The highest BCUT2D eigenvalue weighted by Gasteiger charge is 2.06. The Morgan fingerprint density at radius 2 is 2.06 bits per heavy atom. The summed E-state index contributed by atoms with van der Waals surface area (Å²) in [5.74, 6) is 1.30. The first-order valence-corrected chi connectivity index (χ1v) is 6.19. The van der Waals surface area contributed by atoms with Crippen LogP contribution in [0.5, 0.6) is 11.5 Å². The third-order valence-electron chi connectivity index (χ3n) is 2.19. The second-order valence-electron chi connectivity index (χ2n) is 3.40. The van der Waals surface area contributed by atoms with Crippen molar-refractivity contribution in [2.24, 2.45) is 0 Å². The van der Waals surface area contributed by atoms with Gasteiger partial charge in [-0.3, -0.25) is 0 Å². The van der Waals surface area contributed by atoms with Crippen LogP contribution in [0.1, 0.15) is 4.88 Å². The molecule has 0 bridgehead atoms. The lowest BCUT2D eigenvalue weighted by Crippen LogP contribution is -1.97. The Morgan fingerprint density at radius 1 is 1.24 bits per heavy atom. The lowest BCUT2D eigenvalue weighted by atomic mass is 10.3. The van der Waals surface area contributed by atoms with E-state index in [2.05, 4.69) is 0 Å². The highest BCUT2D eigenvalue weighted by Crippen LogP contribution is 2.30. The first kappa shape index (κ1) is 12.1. The van der Waals surface area contributed by atoms with Gasteiger partial charge < -0.3 is 15.2 Å². The zero-order valence-corrected chi connectivity index (χ0v) is 10.8. The van der Waals surface area contributed by atoms with E-state index in [9.17, 15) is 0 Å². The highest BCUT2D eigenvalue weighted by atomic mass is 35.5. The molecule has 2 N–H and O–H groups in total. The minimum Gasteiger partial charge on any atom is -0.493 e. The minimum atomic E-state index is 0.470. The van der Waals surface area contributed by atoms with Crippen LogP contribution in [0.15, 0.2) is 30.3 Å². The van der Waals surface area contributed by atoms with Crippen molar-refractivity contribution in [1.82, 2.24) is 0 Å². The molecule has 0 atom stereocenters. The Morgan fingerprint density at radius 3 is 2.71 bits per heavy atom. The molecular weight excluding hydrogens is 258 g/mol. The van der Waals surface area contributed by atoms with Crippen LogP contribution in [0.25, 0.3) is 0 Å². The number of halogens is 1. The molecule has 1 heterocycles. The van der Waals surface area contributed by atoms with Crippen molar-refractivity contribution in [2.75, 3.05) is 12.8 Å². The zero-order valence-electron chi connectivity index (χ0n) is 9.27. The summed E-state index contributed by atoms with van der Waals surface area (Å²) in [5, 5.41) is 0. The largest absolute Gasteiger partial charge is 0.493 e. The van der Waals surface area contributed by atoms with E-state index >= 15 is 0 Å². The molecule has 0 saturated carbocycles. The van der Waals surface area contributed by atoms with Gasteiger partial charge in [-0.15, -0.1) is 11.3 Å². The summed E-state index contributed by atoms with van der Waals surface area (Å²) in [6, 6.07) is 9.10. The average Bonchev–Trinajstić information content (AvgIpc) is 2.73. The number of hydrogen-bond acceptors (Lipinski definition) is 4. The quantitative estimate of drug-likeness (QED) is 0.863. The Balaban J connectivity index is 2.08. The third-order valence-corrected chi connectivity index (χ3v) is 3.39. The fraction of sp³-hybridized carbons (Fsp3) is 0.167. The molecule has 5 heteroatoms. The van der Waals surface area contributed by atoms with E-state index in [0.29, 0.717) is 23.8 Å². The molecule has 17 heavy (non-hydrogen) atoms. The van der Waals surface area contributed by atoms with E-state index in [4.69, 9.17) is 26.8 Å². The number of benzene rings is 1. The van der Waals surface area contributed by atoms with Crippen molar-refractivity contribution >= 4 is 28.6 Å². The van der Waals surface area contributed by atoms with Gasteiger partial charge in [0.05, 0.1) is 11.4 Å². The normalized spacial score (nSPS) is 10.2. The number of nitrogen functional groups attached to an aromatic ring is 1. The fourth-order valence-corrected chi connectivity index (χ4v) is 2.38. The van der Waals surface area contributed by atoms with Crippen molar-refractivity contribution in [2.45, 2.75) is 6.61 Å². The van der Waals surface area contributed by atoms with Crippen LogP contribution in [0.2, 0.25) is 4.34 Å². The van der Waals surface area contributed by atoms with Crippen molar-refractivity contribution in [1.29, 1.82) is 0 Å². The van der Waals surface area contributed by atoms with E-state index in [-0.39, 0.29) is 0 Å². The zero-order chi connectivity index (χ0) is 12.3. The standard InChI is InChI=1S/C12H12ClNO2S/c1-15-11-6-8(14)2-4-10(11)16-7-9-3-5-12(13)17-9/h2-6H,7,14H2,1H3. The molecule has 0 spiro atoms. The molecule has 1 aromatic heterocycles. The third kappa shape index (κ3) is 3.05. The molecule has 0 amide bonds. The van der Waals surface area contributed by atoms with Gasteiger partial charge in [0.1, 0.15) is 6.61 Å². The Bertz CT molecular complexity index is 513. The molecule has 90 valence electrons. The number of nitrogens with two attached hydrogens (primary N) is 1. The van der Waals surface area contributed by atoms with Crippen LogP contribution >= 0.6 is 22.9 Å². The van der Waals surface area contributed by atoms with E-state index in [0.717, 1.165) is 9.21 Å². The van der Waals surface area contributed by atoms with E-state index < -0.39 is 0 Å². The first-order valence-electron chi connectivity index (χ1n) is 4.99. The maximum absolute atomic E-state index is 5.84. The highest BCUT2D eigenvalue weighted by molar-refractivity contribution is 7.16. The molecule has 1 aromatic carbocycles. The molecule has 2 aromatic rings. The molecule has 0 aliphatic rings. The summed E-state index contributed by atoms with van der Waals surface area (Å²) in [4.78, 5) is 1.06. The van der Waals surface area contributed by atoms with Gasteiger partial charge >= 0.3 is 0 Å². The van der Waals surface area contributed by atoms with Crippen LogP contribution in [0.3, 0.4) is 0 Å². The Kier molecular flexibility index (Phi) is 3.76. The van der Waals surface area contributed by atoms with Gasteiger partial charge in [-0.1, -0.05) is 11.6 Å². The van der Waals surface area contributed by atoms with Gasteiger partial charge in [0.15, 0.2) is 11.5 Å². The monoisotopic (exact) mass is 269 g/mol. The summed E-state index contributed by atoms with van der Waals surface area (Å²) >= 11 is 7.34. The number of ether oxygens (including phenoxy) is 2. The number of rotatable bonds is 4. The van der Waals surface area contributed by atoms with Gasteiger partial charge in [-0.2, -0.15) is 0 Å². The maximum Gasteiger partial charge on any atom is 0.162 e. The van der Waals surface area contributed by atoms with Gasteiger partial charge in [-0.25, -0.2) is 0 Å². The van der Waals surface area contributed by atoms with Crippen molar-refractivity contribution in [3.05, 3.63) is 39.5 Å². The predicted molar refractivity (Wildman–Crippen MR) is 71.1 cm³/mol. The summed E-state index contributed by atoms with van der Waals surface area (Å²) in [6.07, 6.45) is 0. The van der Waals surface area contributed by atoms with E-state index in [1.807, 2.05) is 12.1 Å². The van der Waals surface area contributed by atoms with Crippen molar-refractivity contribution in [3.63, 3.8) is 0 Å². The molecule has 0 aliphatic carbocycles. The van der Waals surface area contributed by atoms with Gasteiger partial charge in [0.25, 0.3) is 0 Å². The van der Waals surface area contributed by atoms with E-state index in [1.165, 1.54) is 11.3 Å². The predicted octanol–water partition coefficient (Wildman–Crippen LogP) is 3.57. The summed E-state index contributed by atoms with van der Waals surface area (Å²) in [6.45, 7) is 0.470. The summed E-state index contributed by atoms with van der Waals surface area (Å²) in [5.41, 5.74) is 6.31. The lowest BCUT2D eigenvalue weighted by molar-refractivity contribution is 0.287. The molecular formula is C12H12ClNO2S. The van der Waals surface area contributed by atoms with Crippen molar-refractivity contribution in [3.8, 4) is 11.5 Å². The van der Waals surface area contributed by atoms with Crippen LogP contribution in [0, 0.1) is 0 Å². The topological polar surface area (TPSA) is 44.5 Å². The second-order valence-corrected chi connectivity index (χ2v) is 5.20. The van der Waals surface area contributed by atoms with Crippen LogP contribution in [-0.2, 0) is 6.61 Å². The number of methoxy groups -OCH3 is 1. The SMILES string of the molecule is COc1cc(N)ccc1OCc1ccc(Cl)s1. The fourth-order valence-electron chi connectivity index (χ4n) is 1.38. The van der Waals surface area contributed by atoms with E-state index in [1.54, 1.807) is 25.3 Å². The Hall–Kier alpha value is -1.39. The summed E-state index contributed by atoms with van der Waals surface area (Å²) < 4.78 is 11.6. The van der Waals surface area contributed by atoms with Gasteiger partial charge in [-0.05, 0) is 24.3 Å².